The molecule has 0 heterocycles. The standard InChI is InChI=1S/C16H17NO6S/c1-11(16(19)20)17-24(21,22)10-13(18)9-23-15-8-4-6-12-5-2-3-7-14(12)15/h2-8,11,17H,9-10H2,1H3,(H,19,20)/t11-/m0/s1. The average molecular weight is 351 g/mol. The van der Waals surface area contributed by atoms with Crippen LogP contribution >= 0.6 is 0 Å². The summed E-state index contributed by atoms with van der Waals surface area (Å²) >= 11 is 0. The quantitative estimate of drug-likeness (QED) is 0.739. The fourth-order valence-electron chi connectivity index (χ4n) is 2.09. The van der Waals surface area contributed by atoms with Gasteiger partial charge in [-0.05, 0) is 18.4 Å². The number of carbonyl (C=O) groups excluding carboxylic acids is 1. The van der Waals surface area contributed by atoms with Crippen molar-refractivity contribution in [1.82, 2.24) is 4.72 Å². The van der Waals surface area contributed by atoms with Gasteiger partial charge in [0.1, 0.15) is 24.2 Å². The number of Topliss-reactive ketones (excluding diaryl/α,β-unsaturated/α-hetero) is 1. The summed E-state index contributed by atoms with van der Waals surface area (Å²) in [6, 6.07) is 11.5. The molecule has 0 aliphatic heterocycles. The van der Waals surface area contributed by atoms with Gasteiger partial charge in [0.2, 0.25) is 10.0 Å². The van der Waals surface area contributed by atoms with Crippen LogP contribution in [0.2, 0.25) is 0 Å². The van der Waals surface area contributed by atoms with E-state index in [1.807, 2.05) is 35.1 Å². The van der Waals surface area contributed by atoms with Crippen molar-refractivity contribution in [2.45, 2.75) is 13.0 Å². The van der Waals surface area contributed by atoms with Crippen molar-refractivity contribution in [3.63, 3.8) is 0 Å². The van der Waals surface area contributed by atoms with Crippen LogP contribution in [-0.2, 0) is 19.6 Å². The van der Waals surface area contributed by atoms with Gasteiger partial charge in [0.05, 0.1) is 0 Å². The molecule has 0 aliphatic rings. The molecule has 24 heavy (non-hydrogen) atoms. The summed E-state index contributed by atoms with van der Waals surface area (Å²) in [4.78, 5) is 22.5. The second kappa shape index (κ2) is 7.41. The van der Waals surface area contributed by atoms with E-state index in [9.17, 15) is 18.0 Å². The zero-order chi connectivity index (χ0) is 17.7. The van der Waals surface area contributed by atoms with Crippen molar-refractivity contribution in [2.24, 2.45) is 0 Å². The van der Waals surface area contributed by atoms with E-state index in [1.54, 1.807) is 12.1 Å². The molecule has 0 amide bonds. The molecule has 2 aromatic carbocycles. The number of carbonyl (C=O) groups is 2. The minimum absolute atomic E-state index is 0.420. The maximum Gasteiger partial charge on any atom is 0.321 e. The monoisotopic (exact) mass is 351 g/mol. The first-order valence-electron chi connectivity index (χ1n) is 7.13. The maximum atomic E-state index is 11.8. The third kappa shape index (κ3) is 4.77. The number of ketones is 1. The summed E-state index contributed by atoms with van der Waals surface area (Å²) < 4.78 is 30.8. The van der Waals surface area contributed by atoms with Crippen LogP contribution < -0.4 is 9.46 Å². The number of carboxylic acid groups (broad SMARTS) is 1. The summed E-state index contributed by atoms with van der Waals surface area (Å²) in [5.74, 6) is -2.35. The Bertz CT molecular complexity index is 857. The molecule has 0 unspecified atom stereocenters. The van der Waals surface area contributed by atoms with Crippen LogP contribution in [0.3, 0.4) is 0 Å². The van der Waals surface area contributed by atoms with Crippen molar-refractivity contribution in [3.05, 3.63) is 42.5 Å². The molecule has 128 valence electrons. The van der Waals surface area contributed by atoms with Crippen molar-refractivity contribution >= 4 is 32.5 Å². The van der Waals surface area contributed by atoms with Crippen LogP contribution in [-0.4, -0.2) is 43.7 Å². The Balaban J connectivity index is 1.99. The normalized spacial score (nSPS) is 12.7. The number of rotatable bonds is 8. The number of hydrogen-bond donors (Lipinski definition) is 2. The highest BCUT2D eigenvalue weighted by Gasteiger charge is 2.22. The summed E-state index contributed by atoms with van der Waals surface area (Å²) in [6.45, 7) is 0.757. The molecule has 0 aromatic heterocycles. The van der Waals surface area contributed by atoms with Gasteiger partial charge >= 0.3 is 5.97 Å². The predicted octanol–water partition coefficient (Wildman–Crippen LogP) is 1.18. The van der Waals surface area contributed by atoms with Crippen LogP contribution in [0.25, 0.3) is 10.8 Å². The minimum atomic E-state index is -4.03. The van der Waals surface area contributed by atoms with Crippen LogP contribution in [0.1, 0.15) is 6.92 Å². The van der Waals surface area contributed by atoms with Crippen LogP contribution in [0.15, 0.2) is 42.5 Å². The van der Waals surface area contributed by atoms with Gasteiger partial charge in [0.25, 0.3) is 0 Å². The Hall–Kier alpha value is -2.45. The molecule has 8 heteroatoms. The number of nitrogens with one attached hydrogen (secondary N) is 1. The molecule has 0 fully saturated rings. The predicted molar refractivity (Wildman–Crippen MR) is 88.5 cm³/mol. The molecule has 0 radical (unpaired) electrons. The summed E-state index contributed by atoms with van der Waals surface area (Å²) in [6.07, 6.45) is 0. The van der Waals surface area contributed by atoms with Gasteiger partial charge < -0.3 is 9.84 Å². The maximum absolute atomic E-state index is 11.8. The number of sulfonamides is 1. The molecule has 2 N–H and O–H groups in total. The fraction of sp³-hybridized carbons (Fsp3) is 0.250. The van der Waals surface area contributed by atoms with Gasteiger partial charge in [-0.25, -0.2) is 13.1 Å². The molecule has 0 saturated heterocycles. The van der Waals surface area contributed by atoms with Crippen LogP contribution in [0.5, 0.6) is 5.75 Å². The third-order valence-electron chi connectivity index (χ3n) is 3.22. The van der Waals surface area contributed by atoms with Gasteiger partial charge in [0, 0.05) is 5.39 Å². The molecule has 0 spiro atoms. The van der Waals surface area contributed by atoms with E-state index in [0.29, 0.717) is 5.75 Å². The smallest absolute Gasteiger partial charge is 0.321 e. The van der Waals surface area contributed by atoms with Crippen LogP contribution in [0.4, 0.5) is 0 Å². The highest BCUT2D eigenvalue weighted by atomic mass is 32.2. The first-order chi connectivity index (χ1) is 11.3. The Morgan fingerprint density at radius 2 is 1.83 bits per heavy atom. The molecule has 0 aliphatic carbocycles. The fourth-order valence-corrected chi connectivity index (χ4v) is 3.32. The second-order valence-electron chi connectivity index (χ2n) is 5.24. The molecular formula is C16H17NO6S. The number of aliphatic carboxylic acids is 1. The lowest BCUT2D eigenvalue weighted by Gasteiger charge is -2.11. The Labute approximate surface area is 139 Å². The Morgan fingerprint density at radius 3 is 2.54 bits per heavy atom. The number of benzene rings is 2. The average Bonchev–Trinajstić information content (AvgIpc) is 2.51. The number of fused-ring (bicyclic) bond motifs is 1. The summed E-state index contributed by atoms with van der Waals surface area (Å²) in [7, 11) is -4.03. The second-order valence-corrected chi connectivity index (χ2v) is 7.00. The lowest BCUT2D eigenvalue weighted by Crippen LogP contribution is -2.41. The zero-order valence-electron chi connectivity index (χ0n) is 12.9. The number of hydrogen-bond acceptors (Lipinski definition) is 5. The van der Waals surface area contributed by atoms with Crippen molar-refractivity contribution < 1.29 is 27.9 Å². The number of ether oxygens (including phenoxy) is 1. The van der Waals surface area contributed by atoms with E-state index < -0.39 is 40.2 Å². The van der Waals surface area contributed by atoms with E-state index in [4.69, 9.17) is 9.84 Å². The molecule has 0 saturated carbocycles. The topological polar surface area (TPSA) is 110 Å². The van der Waals surface area contributed by atoms with E-state index >= 15 is 0 Å². The van der Waals surface area contributed by atoms with E-state index in [0.717, 1.165) is 10.8 Å². The lowest BCUT2D eigenvalue weighted by atomic mass is 10.1. The molecule has 1 atom stereocenters. The Morgan fingerprint density at radius 1 is 1.17 bits per heavy atom. The van der Waals surface area contributed by atoms with Gasteiger partial charge in [-0.2, -0.15) is 0 Å². The zero-order valence-corrected chi connectivity index (χ0v) is 13.7. The number of carboxylic acids is 1. The van der Waals surface area contributed by atoms with Crippen LogP contribution in [0, 0.1) is 0 Å². The van der Waals surface area contributed by atoms with E-state index in [1.165, 1.54) is 6.92 Å². The Kier molecular flexibility index (Phi) is 5.53. The molecule has 7 nitrogen and oxygen atoms in total. The first-order valence-corrected chi connectivity index (χ1v) is 8.79. The lowest BCUT2D eigenvalue weighted by molar-refractivity contribution is -0.138. The molecule has 2 aromatic rings. The van der Waals surface area contributed by atoms with Crippen molar-refractivity contribution in [2.75, 3.05) is 12.4 Å². The summed E-state index contributed by atoms with van der Waals surface area (Å²) in [5, 5.41) is 10.4. The molecular weight excluding hydrogens is 334 g/mol. The highest BCUT2D eigenvalue weighted by Crippen LogP contribution is 2.24. The van der Waals surface area contributed by atoms with E-state index in [-0.39, 0.29) is 0 Å². The first kappa shape index (κ1) is 17.9. The SMILES string of the molecule is C[C@H](NS(=O)(=O)CC(=O)COc1cccc2ccccc12)C(=O)O. The van der Waals surface area contributed by atoms with Gasteiger partial charge in [-0.1, -0.05) is 36.4 Å². The summed E-state index contributed by atoms with van der Waals surface area (Å²) in [5.41, 5.74) is 0. The molecule has 0 bridgehead atoms. The minimum Gasteiger partial charge on any atom is -0.485 e. The largest absolute Gasteiger partial charge is 0.485 e. The van der Waals surface area contributed by atoms with E-state index in [2.05, 4.69) is 0 Å². The van der Waals surface area contributed by atoms with Gasteiger partial charge in [-0.3, -0.25) is 9.59 Å². The van der Waals surface area contributed by atoms with Crippen molar-refractivity contribution in [1.29, 1.82) is 0 Å². The third-order valence-corrected chi connectivity index (χ3v) is 4.63. The van der Waals surface area contributed by atoms with Crippen molar-refractivity contribution in [3.8, 4) is 5.75 Å². The van der Waals surface area contributed by atoms with Gasteiger partial charge in [0.15, 0.2) is 5.78 Å². The highest BCUT2D eigenvalue weighted by molar-refractivity contribution is 7.90. The molecule has 2 rings (SSSR count). The van der Waals surface area contributed by atoms with Gasteiger partial charge in [-0.15, -0.1) is 0 Å².